The Morgan fingerprint density at radius 1 is 1.24 bits per heavy atom. The molecule has 2 heterocycles. The van der Waals surface area contributed by atoms with Crippen LogP contribution in [-0.4, -0.2) is 28.1 Å². The van der Waals surface area contributed by atoms with Crippen LogP contribution < -0.4 is 16.4 Å². The number of fused-ring (bicyclic) bond motifs is 2. The van der Waals surface area contributed by atoms with Crippen LogP contribution in [0.1, 0.15) is 35.8 Å². The van der Waals surface area contributed by atoms with E-state index in [9.17, 15) is 9.59 Å². The molecule has 7 heteroatoms. The van der Waals surface area contributed by atoms with Gasteiger partial charge >= 0.3 is 0 Å². The summed E-state index contributed by atoms with van der Waals surface area (Å²) in [7, 11) is 0. The first-order valence-electron chi connectivity index (χ1n) is 9.80. The minimum absolute atomic E-state index is 0.000296. The number of nitrogens with one attached hydrogen (secondary N) is 2. The number of primary amides is 1. The number of amides is 2. The first-order valence-corrected chi connectivity index (χ1v) is 9.80. The van der Waals surface area contributed by atoms with Gasteiger partial charge in [0.05, 0.1) is 17.6 Å². The molecule has 2 aromatic carbocycles. The van der Waals surface area contributed by atoms with Gasteiger partial charge in [-0.05, 0) is 60.6 Å². The minimum atomic E-state index is -0.598. The SMILES string of the molecule is CC(Nc1c(C(N)=O)nnc2cc(-c3cccc4c3CC(=O)N4)ccc12)C1CC1. The predicted molar refractivity (Wildman–Crippen MR) is 112 cm³/mol. The zero-order valence-corrected chi connectivity index (χ0v) is 16.0. The molecule has 2 aliphatic rings. The second kappa shape index (κ2) is 6.55. The van der Waals surface area contributed by atoms with Crippen LogP contribution in [0.4, 0.5) is 11.4 Å². The Hall–Kier alpha value is -3.48. The van der Waals surface area contributed by atoms with Gasteiger partial charge in [0.1, 0.15) is 0 Å². The van der Waals surface area contributed by atoms with Gasteiger partial charge in [-0.2, -0.15) is 0 Å². The van der Waals surface area contributed by atoms with Crippen molar-refractivity contribution in [1.29, 1.82) is 0 Å². The number of nitrogens with zero attached hydrogens (tertiary/aromatic N) is 2. The van der Waals surface area contributed by atoms with Gasteiger partial charge in [0.15, 0.2) is 5.69 Å². The van der Waals surface area contributed by atoms with Gasteiger partial charge in [-0.1, -0.05) is 18.2 Å². The number of benzene rings is 2. The van der Waals surface area contributed by atoms with Crippen LogP contribution in [0.25, 0.3) is 22.0 Å². The van der Waals surface area contributed by atoms with Crippen LogP contribution in [0.3, 0.4) is 0 Å². The van der Waals surface area contributed by atoms with E-state index < -0.39 is 5.91 Å². The third kappa shape index (κ3) is 3.08. The van der Waals surface area contributed by atoms with Crippen LogP contribution >= 0.6 is 0 Å². The summed E-state index contributed by atoms with van der Waals surface area (Å²) in [6.07, 6.45) is 2.74. The summed E-state index contributed by atoms with van der Waals surface area (Å²) in [5.74, 6) is 0.00859. The first kappa shape index (κ1) is 17.6. The molecule has 5 rings (SSSR count). The fraction of sp³-hybridized carbons (Fsp3) is 0.273. The molecular weight excluding hydrogens is 366 g/mol. The maximum atomic E-state index is 11.9. The number of carbonyl (C=O) groups excluding carboxylic acids is 2. The van der Waals surface area contributed by atoms with E-state index in [0.717, 1.165) is 27.8 Å². The number of anilines is 2. The summed E-state index contributed by atoms with van der Waals surface area (Å²) >= 11 is 0. The Balaban J connectivity index is 1.62. The van der Waals surface area contributed by atoms with Crippen LogP contribution in [0.2, 0.25) is 0 Å². The summed E-state index contributed by atoms with van der Waals surface area (Å²) in [6, 6.07) is 11.9. The second-order valence-electron chi connectivity index (χ2n) is 7.85. The molecule has 0 radical (unpaired) electrons. The Kier molecular flexibility index (Phi) is 3.97. The Morgan fingerprint density at radius 3 is 2.83 bits per heavy atom. The molecule has 1 aliphatic carbocycles. The van der Waals surface area contributed by atoms with Gasteiger partial charge in [-0.15, -0.1) is 10.2 Å². The highest BCUT2D eigenvalue weighted by Crippen LogP contribution is 2.38. The summed E-state index contributed by atoms with van der Waals surface area (Å²) in [4.78, 5) is 23.7. The van der Waals surface area contributed by atoms with E-state index in [1.807, 2.05) is 36.4 Å². The van der Waals surface area contributed by atoms with Crippen molar-refractivity contribution < 1.29 is 9.59 Å². The van der Waals surface area contributed by atoms with Gasteiger partial charge in [-0.3, -0.25) is 9.59 Å². The normalized spacial score (nSPS) is 16.4. The van der Waals surface area contributed by atoms with Crippen molar-refractivity contribution in [2.75, 3.05) is 10.6 Å². The lowest BCUT2D eigenvalue weighted by Crippen LogP contribution is -2.23. The van der Waals surface area contributed by atoms with Gasteiger partial charge in [0, 0.05) is 17.1 Å². The van der Waals surface area contributed by atoms with Gasteiger partial charge in [0.25, 0.3) is 5.91 Å². The Labute approximate surface area is 167 Å². The van der Waals surface area contributed by atoms with Gasteiger partial charge in [-0.25, -0.2) is 0 Å². The van der Waals surface area contributed by atoms with E-state index >= 15 is 0 Å². The van der Waals surface area contributed by atoms with Crippen molar-refractivity contribution in [3.8, 4) is 11.1 Å². The minimum Gasteiger partial charge on any atom is -0.380 e. The Bertz CT molecular complexity index is 1170. The van der Waals surface area contributed by atoms with Crippen molar-refractivity contribution in [3.05, 3.63) is 47.7 Å². The average molecular weight is 387 g/mol. The molecule has 0 spiro atoms. The largest absolute Gasteiger partial charge is 0.380 e. The maximum absolute atomic E-state index is 11.9. The maximum Gasteiger partial charge on any atom is 0.271 e. The number of aromatic nitrogens is 2. The molecule has 1 saturated carbocycles. The third-order valence-electron chi connectivity index (χ3n) is 5.79. The predicted octanol–water partition coefficient (Wildman–Crippen LogP) is 3.10. The van der Waals surface area contributed by atoms with E-state index in [4.69, 9.17) is 5.73 Å². The van der Waals surface area contributed by atoms with Crippen LogP contribution in [0, 0.1) is 5.92 Å². The van der Waals surface area contributed by atoms with E-state index in [1.165, 1.54) is 12.8 Å². The molecule has 0 bridgehead atoms. The fourth-order valence-corrected chi connectivity index (χ4v) is 4.05. The summed E-state index contributed by atoms with van der Waals surface area (Å²) in [5.41, 5.74) is 10.8. The molecule has 1 fully saturated rings. The van der Waals surface area contributed by atoms with E-state index in [-0.39, 0.29) is 17.6 Å². The molecule has 1 atom stereocenters. The number of hydrogen-bond donors (Lipinski definition) is 3. The molecule has 2 amide bonds. The van der Waals surface area contributed by atoms with Crippen molar-refractivity contribution >= 4 is 34.1 Å². The van der Waals surface area contributed by atoms with Crippen LogP contribution in [-0.2, 0) is 11.2 Å². The number of carbonyl (C=O) groups is 2. The molecule has 1 aliphatic heterocycles. The van der Waals surface area contributed by atoms with Crippen LogP contribution in [0.5, 0.6) is 0 Å². The topological polar surface area (TPSA) is 110 Å². The second-order valence-corrected chi connectivity index (χ2v) is 7.85. The molecule has 29 heavy (non-hydrogen) atoms. The zero-order chi connectivity index (χ0) is 20.1. The smallest absolute Gasteiger partial charge is 0.271 e. The lowest BCUT2D eigenvalue weighted by Gasteiger charge is -2.18. The molecule has 1 unspecified atom stereocenters. The van der Waals surface area contributed by atoms with E-state index in [1.54, 1.807) is 0 Å². The van der Waals surface area contributed by atoms with Crippen molar-refractivity contribution in [2.24, 2.45) is 11.7 Å². The van der Waals surface area contributed by atoms with E-state index in [2.05, 4.69) is 27.8 Å². The van der Waals surface area contributed by atoms with E-state index in [0.29, 0.717) is 23.5 Å². The number of rotatable bonds is 5. The molecule has 4 N–H and O–H groups in total. The standard InChI is InChI=1S/C22H21N5O2/c1-11(12-5-6-12)24-20-15-8-7-13(9-18(15)26-27-21(20)22(23)29)14-3-2-4-17-16(14)10-19(28)25-17/h2-4,7-9,11-12H,5-6,10H2,1H3,(H2,23,29)(H,24,26)(H,25,28). The van der Waals surface area contributed by atoms with Crippen molar-refractivity contribution in [2.45, 2.75) is 32.2 Å². The molecule has 1 aromatic heterocycles. The highest BCUT2D eigenvalue weighted by Gasteiger charge is 2.29. The highest BCUT2D eigenvalue weighted by atomic mass is 16.2. The first-order chi connectivity index (χ1) is 14.0. The summed E-state index contributed by atoms with van der Waals surface area (Å²) in [5, 5.41) is 15.5. The molecule has 3 aromatic rings. The van der Waals surface area contributed by atoms with Gasteiger partial charge in [0.2, 0.25) is 5.91 Å². The fourth-order valence-electron chi connectivity index (χ4n) is 4.05. The van der Waals surface area contributed by atoms with Crippen molar-refractivity contribution in [1.82, 2.24) is 10.2 Å². The molecule has 146 valence electrons. The zero-order valence-electron chi connectivity index (χ0n) is 16.0. The highest BCUT2D eigenvalue weighted by molar-refractivity contribution is 6.06. The Morgan fingerprint density at radius 2 is 2.07 bits per heavy atom. The summed E-state index contributed by atoms with van der Waals surface area (Å²) in [6.45, 7) is 2.11. The number of hydrogen-bond acceptors (Lipinski definition) is 5. The summed E-state index contributed by atoms with van der Waals surface area (Å²) < 4.78 is 0. The third-order valence-corrected chi connectivity index (χ3v) is 5.79. The lowest BCUT2D eigenvalue weighted by molar-refractivity contribution is -0.115. The molecular formula is C22H21N5O2. The molecule has 0 saturated heterocycles. The van der Waals surface area contributed by atoms with Crippen molar-refractivity contribution in [3.63, 3.8) is 0 Å². The molecule has 7 nitrogen and oxygen atoms in total. The quantitative estimate of drug-likeness (QED) is 0.623. The van der Waals surface area contributed by atoms with Gasteiger partial charge < -0.3 is 16.4 Å². The monoisotopic (exact) mass is 387 g/mol. The lowest BCUT2D eigenvalue weighted by atomic mass is 9.96. The van der Waals surface area contributed by atoms with Crippen LogP contribution in [0.15, 0.2) is 36.4 Å². The number of nitrogens with two attached hydrogens (primary N) is 1. The average Bonchev–Trinajstić information content (AvgIpc) is 3.48.